The number of likely N-dealkylation sites (N-methyl/N-ethyl adjacent to an activating group) is 1. The summed E-state index contributed by atoms with van der Waals surface area (Å²) in [6, 6.07) is -0.0528. The van der Waals surface area contributed by atoms with Crippen LogP contribution in [0.3, 0.4) is 0 Å². The molecule has 16 heteroatoms. The number of carbonyl (C=O) groups is 3. The maximum atomic E-state index is 13.2. The lowest BCUT2D eigenvalue weighted by Gasteiger charge is -2.18. The molecule has 0 spiro atoms. The molecule has 0 aliphatic carbocycles. The Morgan fingerprint density at radius 1 is 1.03 bits per heavy atom. The van der Waals surface area contributed by atoms with Gasteiger partial charge in [-0.1, -0.05) is 0 Å². The summed E-state index contributed by atoms with van der Waals surface area (Å²) in [5, 5.41) is 12.8. The fraction of sp³-hybridized carbons (Fsp3) is 0.350. The van der Waals surface area contributed by atoms with E-state index in [4.69, 9.17) is 5.11 Å². The molecular formula is C20H18F6N6O4. The third-order valence-electron chi connectivity index (χ3n) is 4.89. The number of rotatable bonds is 7. The van der Waals surface area contributed by atoms with E-state index < -0.39 is 59.3 Å². The summed E-state index contributed by atoms with van der Waals surface area (Å²) in [5.74, 6) is -2.93. The zero-order chi connectivity index (χ0) is 27.0. The molecular weight excluding hydrogens is 502 g/mol. The van der Waals surface area contributed by atoms with Crippen LogP contribution in [0, 0.1) is 0 Å². The van der Waals surface area contributed by atoms with Gasteiger partial charge in [0.25, 0.3) is 5.91 Å². The summed E-state index contributed by atoms with van der Waals surface area (Å²) in [7, 11) is 3.38. The molecule has 1 aromatic heterocycles. The molecule has 2 heterocycles. The Hall–Kier alpha value is -3.95. The van der Waals surface area contributed by atoms with Crippen molar-refractivity contribution < 1.29 is 45.8 Å². The molecule has 1 fully saturated rings. The third kappa shape index (κ3) is 5.81. The van der Waals surface area contributed by atoms with E-state index in [1.807, 2.05) is 0 Å². The van der Waals surface area contributed by atoms with Gasteiger partial charge in [0, 0.05) is 18.7 Å². The summed E-state index contributed by atoms with van der Waals surface area (Å²) in [6.07, 6.45) is -8.25. The molecule has 0 radical (unpaired) electrons. The van der Waals surface area contributed by atoms with Crippen LogP contribution in [0.25, 0.3) is 17.6 Å². The lowest BCUT2D eigenvalue weighted by molar-refractivity contribution is -0.143. The van der Waals surface area contributed by atoms with E-state index in [0.29, 0.717) is 17.0 Å². The molecule has 3 rings (SSSR count). The van der Waals surface area contributed by atoms with E-state index in [0.717, 1.165) is 22.1 Å². The molecule has 0 saturated carbocycles. The fourth-order valence-electron chi connectivity index (χ4n) is 3.18. The Labute approximate surface area is 199 Å². The number of amides is 3. The fourth-order valence-corrected chi connectivity index (χ4v) is 3.18. The van der Waals surface area contributed by atoms with Gasteiger partial charge in [-0.15, -0.1) is 5.10 Å². The first-order chi connectivity index (χ1) is 16.6. The maximum Gasteiger partial charge on any atom is 0.416 e. The van der Waals surface area contributed by atoms with Gasteiger partial charge in [0.05, 0.1) is 17.3 Å². The number of alkyl halides is 6. The molecule has 1 saturated heterocycles. The number of carboxylic acids is 1. The molecule has 0 bridgehead atoms. The number of nitrogens with zero attached hydrogens (tertiary/aromatic N) is 6. The average Bonchev–Trinajstić information content (AvgIpc) is 3.30. The van der Waals surface area contributed by atoms with Crippen molar-refractivity contribution in [2.75, 3.05) is 33.7 Å². The van der Waals surface area contributed by atoms with E-state index in [-0.39, 0.29) is 24.9 Å². The predicted octanol–water partition coefficient (Wildman–Crippen LogP) is 2.69. The van der Waals surface area contributed by atoms with Crippen molar-refractivity contribution in [2.24, 2.45) is 0 Å². The van der Waals surface area contributed by atoms with Gasteiger partial charge < -0.3 is 10.0 Å². The standard InChI is InChI=1S/C20H18F6N6O4/c1-29(2)3-4-31-14(17(35)32(18(31)36)9-15(33)34)8-30-10-27-16(28-30)11-5-12(19(21,22)23)7-13(6-11)20(24,25)26/h5-8,10H,3-4,9H2,1-2H3,(H,33,34)/b14-8-. The van der Waals surface area contributed by atoms with Crippen LogP contribution in [-0.4, -0.2) is 86.2 Å². The molecule has 194 valence electrons. The summed E-state index contributed by atoms with van der Waals surface area (Å²) in [5.41, 5.74) is -4.00. The number of aromatic nitrogens is 3. The zero-order valence-corrected chi connectivity index (χ0v) is 18.6. The highest BCUT2D eigenvalue weighted by atomic mass is 19.4. The molecule has 1 aliphatic heterocycles. The minimum absolute atomic E-state index is 0.0242. The Bertz CT molecular complexity index is 1190. The topological polar surface area (TPSA) is 112 Å². The van der Waals surface area contributed by atoms with Gasteiger partial charge in [-0.2, -0.15) is 26.3 Å². The molecule has 1 aromatic carbocycles. The number of urea groups is 1. The first kappa shape index (κ1) is 26.7. The molecule has 2 aromatic rings. The molecule has 1 N–H and O–H groups in total. The molecule has 36 heavy (non-hydrogen) atoms. The van der Waals surface area contributed by atoms with Gasteiger partial charge in [-0.3, -0.25) is 14.5 Å². The Morgan fingerprint density at radius 3 is 2.11 bits per heavy atom. The Kier molecular flexibility index (Phi) is 7.11. The molecule has 0 unspecified atom stereocenters. The van der Waals surface area contributed by atoms with Crippen LogP contribution in [0.15, 0.2) is 30.2 Å². The average molecular weight is 520 g/mol. The lowest BCUT2D eigenvalue weighted by Crippen LogP contribution is -2.38. The minimum atomic E-state index is -5.07. The second kappa shape index (κ2) is 9.60. The van der Waals surface area contributed by atoms with E-state index >= 15 is 0 Å². The van der Waals surface area contributed by atoms with Crippen molar-refractivity contribution in [3.8, 4) is 11.4 Å². The maximum absolute atomic E-state index is 13.2. The van der Waals surface area contributed by atoms with Crippen LogP contribution >= 0.6 is 0 Å². The van der Waals surface area contributed by atoms with Crippen LogP contribution in [0.1, 0.15) is 11.1 Å². The van der Waals surface area contributed by atoms with E-state index in [9.17, 15) is 40.7 Å². The van der Waals surface area contributed by atoms with Gasteiger partial charge in [-0.05, 0) is 32.3 Å². The first-order valence-electron chi connectivity index (χ1n) is 10.0. The van der Waals surface area contributed by atoms with Crippen LogP contribution in [0.5, 0.6) is 0 Å². The minimum Gasteiger partial charge on any atom is -0.480 e. The van der Waals surface area contributed by atoms with Crippen molar-refractivity contribution in [3.05, 3.63) is 41.4 Å². The van der Waals surface area contributed by atoms with Crippen LogP contribution in [-0.2, 0) is 21.9 Å². The molecule has 0 atom stereocenters. The number of carboxylic acid groups (broad SMARTS) is 1. The first-order valence-corrected chi connectivity index (χ1v) is 10.0. The van der Waals surface area contributed by atoms with Crippen LogP contribution in [0.2, 0.25) is 0 Å². The Morgan fingerprint density at radius 2 is 1.61 bits per heavy atom. The number of benzene rings is 1. The summed E-state index contributed by atoms with van der Waals surface area (Å²) >= 11 is 0. The smallest absolute Gasteiger partial charge is 0.416 e. The third-order valence-corrected chi connectivity index (χ3v) is 4.89. The Balaban J connectivity index is 2.02. The van der Waals surface area contributed by atoms with Crippen molar-refractivity contribution in [3.63, 3.8) is 0 Å². The van der Waals surface area contributed by atoms with Gasteiger partial charge in [0.2, 0.25) is 0 Å². The quantitative estimate of drug-likeness (QED) is 0.340. The number of carbonyl (C=O) groups excluding carboxylic acids is 2. The summed E-state index contributed by atoms with van der Waals surface area (Å²) < 4.78 is 79.8. The second-order valence-corrected chi connectivity index (χ2v) is 7.88. The van der Waals surface area contributed by atoms with Crippen molar-refractivity contribution in [1.29, 1.82) is 0 Å². The van der Waals surface area contributed by atoms with E-state index in [2.05, 4.69) is 10.1 Å². The second-order valence-electron chi connectivity index (χ2n) is 7.88. The SMILES string of the molecule is CN(C)CCN1C(=O)N(CC(=O)O)C(=O)/C1=C/n1cnc(-c2cc(C(F)(F)F)cc(C(F)(F)F)c2)n1. The van der Waals surface area contributed by atoms with E-state index in [1.54, 1.807) is 19.0 Å². The number of hydrogen-bond donors (Lipinski definition) is 1. The number of aliphatic carboxylic acids is 1. The molecule has 10 nitrogen and oxygen atoms in total. The van der Waals surface area contributed by atoms with Crippen molar-refractivity contribution in [1.82, 2.24) is 29.5 Å². The highest BCUT2D eigenvalue weighted by Gasteiger charge is 2.42. The number of imide groups is 1. The van der Waals surface area contributed by atoms with Gasteiger partial charge in [0.1, 0.15) is 18.6 Å². The molecule has 3 amide bonds. The zero-order valence-electron chi connectivity index (χ0n) is 18.6. The van der Waals surface area contributed by atoms with Gasteiger partial charge in [0.15, 0.2) is 5.82 Å². The monoisotopic (exact) mass is 520 g/mol. The van der Waals surface area contributed by atoms with Crippen LogP contribution in [0.4, 0.5) is 31.1 Å². The molecule has 1 aliphatic rings. The van der Waals surface area contributed by atoms with Gasteiger partial charge >= 0.3 is 24.4 Å². The van der Waals surface area contributed by atoms with E-state index in [1.165, 1.54) is 0 Å². The lowest BCUT2D eigenvalue weighted by atomic mass is 10.0. The highest BCUT2D eigenvalue weighted by Crippen LogP contribution is 2.38. The van der Waals surface area contributed by atoms with Crippen molar-refractivity contribution in [2.45, 2.75) is 12.4 Å². The van der Waals surface area contributed by atoms with Crippen LogP contribution < -0.4 is 0 Å². The van der Waals surface area contributed by atoms with Crippen molar-refractivity contribution >= 4 is 24.1 Å². The summed E-state index contributed by atoms with van der Waals surface area (Å²) in [6.45, 7) is -0.658. The highest BCUT2D eigenvalue weighted by molar-refractivity contribution is 6.14. The predicted molar refractivity (Wildman–Crippen MR) is 110 cm³/mol. The number of halogens is 6. The number of hydrogen-bond acceptors (Lipinski definition) is 6. The normalized spacial score (nSPS) is 16.1. The largest absolute Gasteiger partial charge is 0.480 e. The summed E-state index contributed by atoms with van der Waals surface area (Å²) in [4.78, 5) is 43.2. The van der Waals surface area contributed by atoms with Gasteiger partial charge in [-0.25, -0.2) is 19.4 Å².